The van der Waals surface area contributed by atoms with E-state index >= 15 is 0 Å². The summed E-state index contributed by atoms with van der Waals surface area (Å²) in [4.78, 5) is 23.0. The van der Waals surface area contributed by atoms with E-state index in [2.05, 4.69) is 5.32 Å². The number of carboxylic acid groups (broad SMARTS) is 1. The Morgan fingerprint density at radius 1 is 1.36 bits per heavy atom. The van der Waals surface area contributed by atoms with Crippen LogP contribution in [-0.4, -0.2) is 37.7 Å². The molecule has 22 heavy (non-hydrogen) atoms. The first-order valence-corrected chi connectivity index (χ1v) is 8.34. The van der Waals surface area contributed by atoms with Crippen molar-refractivity contribution in [3.05, 3.63) is 29.6 Å². The largest absolute Gasteiger partial charge is 0.480 e. The molecule has 0 aromatic heterocycles. The average molecular weight is 332 g/mol. The second kappa shape index (κ2) is 7.21. The van der Waals surface area contributed by atoms with Gasteiger partial charge in [-0.05, 0) is 24.6 Å². The topological polar surface area (TPSA) is 113 Å². The molecule has 0 aliphatic heterocycles. The Morgan fingerprint density at radius 3 is 2.50 bits per heavy atom. The minimum atomic E-state index is -3.70. The highest BCUT2D eigenvalue weighted by molar-refractivity contribution is 7.92. The molecule has 0 spiro atoms. The Bertz CT molecular complexity index is 675. The van der Waals surface area contributed by atoms with Crippen LogP contribution in [0.4, 0.5) is 10.1 Å². The summed E-state index contributed by atoms with van der Waals surface area (Å²) in [5, 5.41) is 11.3. The van der Waals surface area contributed by atoms with Crippen molar-refractivity contribution in [3.8, 4) is 0 Å². The van der Waals surface area contributed by atoms with Crippen molar-refractivity contribution < 1.29 is 27.5 Å². The van der Waals surface area contributed by atoms with Crippen LogP contribution in [0.25, 0.3) is 0 Å². The molecule has 1 amide bonds. The SMILES string of the molecule is CCCC(NC(=O)c1ccc(F)c(NS(C)(=O)=O)c1)C(=O)O. The highest BCUT2D eigenvalue weighted by atomic mass is 32.2. The molecule has 1 aromatic rings. The van der Waals surface area contributed by atoms with E-state index in [1.165, 1.54) is 0 Å². The zero-order valence-corrected chi connectivity index (χ0v) is 12.9. The molecule has 0 aliphatic rings. The summed E-state index contributed by atoms with van der Waals surface area (Å²) < 4.78 is 37.7. The molecule has 0 saturated carbocycles. The molecule has 0 bridgehead atoms. The van der Waals surface area contributed by atoms with Crippen molar-refractivity contribution in [2.45, 2.75) is 25.8 Å². The highest BCUT2D eigenvalue weighted by Crippen LogP contribution is 2.17. The number of aliphatic carboxylic acids is 1. The fourth-order valence-electron chi connectivity index (χ4n) is 1.73. The number of sulfonamides is 1. The predicted molar refractivity (Wildman–Crippen MR) is 78.7 cm³/mol. The smallest absolute Gasteiger partial charge is 0.326 e. The minimum absolute atomic E-state index is 0.0464. The summed E-state index contributed by atoms with van der Waals surface area (Å²) in [6.07, 6.45) is 1.65. The number of carbonyl (C=O) groups is 2. The number of anilines is 1. The van der Waals surface area contributed by atoms with Gasteiger partial charge < -0.3 is 10.4 Å². The number of halogens is 1. The van der Waals surface area contributed by atoms with Gasteiger partial charge in [0.05, 0.1) is 11.9 Å². The Morgan fingerprint density at radius 2 is 2.00 bits per heavy atom. The van der Waals surface area contributed by atoms with Crippen molar-refractivity contribution in [2.75, 3.05) is 11.0 Å². The lowest BCUT2D eigenvalue weighted by molar-refractivity contribution is -0.139. The van der Waals surface area contributed by atoms with Crippen LogP contribution in [-0.2, 0) is 14.8 Å². The summed E-state index contributed by atoms with van der Waals surface area (Å²) in [5.41, 5.74) is -0.424. The Balaban J connectivity index is 2.99. The first kappa shape index (κ1) is 17.9. The molecule has 1 aromatic carbocycles. The Kier molecular flexibility index (Phi) is 5.86. The zero-order valence-electron chi connectivity index (χ0n) is 12.1. The summed E-state index contributed by atoms with van der Waals surface area (Å²) in [6.45, 7) is 1.77. The molecule has 1 rings (SSSR count). The average Bonchev–Trinajstić information content (AvgIpc) is 2.39. The van der Waals surface area contributed by atoms with Crippen LogP contribution in [0.1, 0.15) is 30.1 Å². The maximum absolute atomic E-state index is 13.5. The first-order chi connectivity index (χ1) is 10.1. The second-order valence-electron chi connectivity index (χ2n) is 4.72. The highest BCUT2D eigenvalue weighted by Gasteiger charge is 2.20. The van der Waals surface area contributed by atoms with Crippen molar-refractivity contribution in [1.82, 2.24) is 5.32 Å². The molecule has 0 aliphatic carbocycles. The van der Waals surface area contributed by atoms with Crippen LogP contribution >= 0.6 is 0 Å². The summed E-state index contributed by atoms with van der Waals surface area (Å²) in [5.74, 6) is -2.74. The fourth-order valence-corrected chi connectivity index (χ4v) is 2.29. The van der Waals surface area contributed by atoms with Gasteiger partial charge in [0, 0.05) is 5.56 Å². The third-order valence-corrected chi connectivity index (χ3v) is 3.30. The van der Waals surface area contributed by atoms with Gasteiger partial charge in [0.1, 0.15) is 11.9 Å². The molecule has 0 saturated heterocycles. The number of nitrogens with one attached hydrogen (secondary N) is 2. The van der Waals surface area contributed by atoms with Gasteiger partial charge >= 0.3 is 5.97 Å². The first-order valence-electron chi connectivity index (χ1n) is 6.45. The van der Waals surface area contributed by atoms with E-state index in [1.54, 1.807) is 6.92 Å². The van der Waals surface area contributed by atoms with Gasteiger partial charge in [-0.15, -0.1) is 0 Å². The maximum Gasteiger partial charge on any atom is 0.326 e. The van der Waals surface area contributed by atoms with E-state index in [1.807, 2.05) is 4.72 Å². The third kappa shape index (κ3) is 5.32. The van der Waals surface area contributed by atoms with Crippen molar-refractivity contribution >= 4 is 27.6 Å². The number of carbonyl (C=O) groups excluding carboxylic acids is 1. The van der Waals surface area contributed by atoms with Crippen LogP contribution < -0.4 is 10.0 Å². The lowest BCUT2D eigenvalue weighted by atomic mass is 10.1. The Hall–Kier alpha value is -2.16. The van der Waals surface area contributed by atoms with E-state index < -0.39 is 33.8 Å². The second-order valence-corrected chi connectivity index (χ2v) is 6.47. The van der Waals surface area contributed by atoms with Gasteiger partial charge in [-0.3, -0.25) is 9.52 Å². The number of benzene rings is 1. The summed E-state index contributed by atoms with van der Waals surface area (Å²) in [7, 11) is -3.70. The zero-order chi connectivity index (χ0) is 16.9. The molecule has 0 radical (unpaired) electrons. The van der Waals surface area contributed by atoms with E-state index in [0.29, 0.717) is 6.42 Å². The van der Waals surface area contributed by atoms with Crippen LogP contribution in [0.3, 0.4) is 0 Å². The van der Waals surface area contributed by atoms with Gasteiger partial charge in [0.25, 0.3) is 5.91 Å². The predicted octanol–water partition coefficient (Wildman–Crippen LogP) is 1.18. The van der Waals surface area contributed by atoms with Crippen molar-refractivity contribution in [1.29, 1.82) is 0 Å². The van der Waals surface area contributed by atoms with Crippen molar-refractivity contribution in [2.24, 2.45) is 0 Å². The van der Waals surface area contributed by atoms with Gasteiger partial charge in [0.15, 0.2) is 0 Å². The number of hydrogen-bond acceptors (Lipinski definition) is 4. The molecule has 0 fully saturated rings. The number of rotatable bonds is 7. The molecule has 9 heteroatoms. The number of amides is 1. The molecular weight excluding hydrogens is 315 g/mol. The normalized spacial score (nSPS) is 12.5. The van der Waals surface area contributed by atoms with Crippen molar-refractivity contribution in [3.63, 3.8) is 0 Å². The monoisotopic (exact) mass is 332 g/mol. The molecule has 1 unspecified atom stereocenters. The summed E-state index contributed by atoms with van der Waals surface area (Å²) >= 11 is 0. The third-order valence-electron chi connectivity index (χ3n) is 2.70. The van der Waals surface area contributed by atoms with Gasteiger partial charge in [-0.25, -0.2) is 17.6 Å². The van der Waals surface area contributed by atoms with E-state index in [-0.39, 0.29) is 17.7 Å². The number of carboxylic acids is 1. The molecule has 3 N–H and O–H groups in total. The minimum Gasteiger partial charge on any atom is -0.480 e. The van der Waals surface area contributed by atoms with Gasteiger partial charge in [-0.1, -0.05) is 13.3 Å². The molecule has 1 atom stereocenters. The Labute approximate surface area is 127 Å². The van der Waals surface area contributed by atoms with E-state index in [9.17, 15) is 22.4 Å². The van der Waals surface area contributed by atoms with E-state index in [0.717, 1.165) is 24.5 Å². The van der Waals surface area contributed by atoms with Crippen LogP contribution in [0.2, 0.25) is 0 Å². The lowest BCUT2D eigenvalue weighted by Gasteiger charge is -2.14. The van der Waals surface area contributed by atoms with Crippen LogP contribution in [0.15, 0.2) is 18.2 Å². The molecule has 7 nitrogen and oxygen atoms in total. The van der Waals surface area contributed by atoms with Gasteiger partial charge in [-0.2, -0.15) is 0 Å². The maximum atomic E-state index is 13.5. The number of hydrogen-bond donors (Lipinski definition) is 3. The lowest BCUT2D eigenvalue weighted by Crippen LogP contribution is -2.40. The molecule has 0 heterocycles. The van der Waals surface area contributed by atoms with E-state index in [4.69, 9.17) is 5.11 Å². The standard InChI is InChI=1S/C13H17FN2O5S/c1-3-4-10(13(18)19)15-12(17)8-5-6-9(14)11(7-8)16-22(2,20)21/h5-7,10,16H,3-4H2,1-2H3,(H,15,17)(H,18,19). The molecule has 122 valence electrons. The van der Waals surface area contributed by atoms with Crippen LogP contribution in [0.5, 0.6) is 0 Å². The molecular formula is C13H17FN2O5S. The quantitative estimate of drug-likeness (QED) is 0.694. The van der Waals surface area contributed by atoms with Crippen LogP contribution in [0, 0.1) is 5.82 Å². The summed E-state index contributed by atoms with van der Waals surface area (Å²) in [6, 6.07) is 2.02. The van der Waals surface area contributed by atoms with Gasteiger partial charge in [0.2, 0.25) is 10.0 Å². The fraction of sp³-hybridized carbons (Fsp3) is 0.385.